The number of aromatic nitrogens is 5. The number of fused-ring (bicyclic) bond motifs is 2. The molecule has 27 heavy (non-hydrogen) atoms. The molecule has 1 aromatic carbocycles. The van der Waals surface area contributed by atoms with Crippen LogP contribution in [0.4, 0.5) is 0 Å². The first-order valence-electron chi connectivity index (χ1n) is 9.36. The number of nitrogens with zero attached hydrogens (tertiary/aromatic N) is 4. The molecule has 0 spiro atoms. The topological polar surface area (TPSA) is 71.4 Å². The van der Waals surface area contributed by atoms with Crippen LogP contribution in [0.15, 0.2) is 43.0 Å². The Morgan fingerprint density at radius 3 is 2.93 bits per heavy atom. The normalized spacial score (nSPS) is 16.6. The molecule has 0 bridgehead atoms. The summed E-state index contributed by atoms with van der Waals surface area (Å²) in [4.78, 5) is 12.4. The van der Waals surface area contributed by atoms with Crippen molar-refractivity contribution >= 4 is 11.0 Å². The van der Waals surface area contributed by atoms with Gasteiger partial charge in [-0.05, 0) is 49.6 Å². The smallest absolute Gasteiger partial charge is 0.141 e. The van der Waals surface area contributed by atoms with Crippen LogP contribution in [0.25, 0.3) is 33.5 Å². The lowest BCUT2D eigenvalue weighted by atomic mass is 9.86. The maximum Gasteiger partial charge on any atom is 0.141 e. The summed E-state index contributed by atoms with van der Waals surface area (Å²) in [5.41, 5.74) is 7.87. The molecule has 0 radical (unpaired) electrons. The van der Waals surface area contributed by atoms with Gasteiger partial charge in [0.15, 0.2) is 0 Å². The molecule has 6 heteroatoms. The quantitative estimate of drug-likeness (QED) is 0.587. The third-order valence-corrected chi connectivity index (χ3v) is 5.52. The molecule has 0 saturated carbocycles. The van der Waals surface area contributed by atoms with Gasteiger partial charge in [-0.1, -0.05) is 12.1 Å². The van der Waals surface area contributed by atoms with Crippen molar-refractivity contribution < 1.29 is 0 Å². The summed E-state index contributed by atoms with van der Waals surface area (Å²) in [7, 11) is 3.96. The number of H-pyrrole nitrogens is 1. The van der Waals surface area contributed by atoms with Crippen LogP contribution in [-0.2, 0) is 13.5 Å². The summed E-state index contributed by atoms with van der Waals surface area (Å²) in [6, 6.07) is 9.33. The highest BCUT2D eigenvalue weighted by atomic mass is 15.2. The second-order valence-electron chi connectivity index (χ2n) is 7.22. The van der Waals surface area contributed by atoms with E-state index >= 15 is 0 Å². The lowest BCUT2D eigenvalue weighted by Crippen LogP contribution is -2.21. The highest BCUT2D eigenvalue weighted by Crippen LogP contribution is 2.35. The van der Waals surface area contributed by atoms with Gasteiger partial charge in [0.05, 0.1) is 17.6 Å². The van der Waals surface area contributed by atoms with E-state index in [0.29, 0.717) is 6.04 Å². The average Bonchev–Trinajstić information content (AvgIpc) is 3.32. The fourth-order valence-corrected chi connectivity index (χ4v) is 4.15. The van der Waals surface area contributed by atoms with Gasteiger partial charge in [0.25, 0.3) is 0 Å². The molecule has 0 saturated heterocycles. The van der Waals surface area contributed by atoms with E-state index in [1.54, 1.807) is 11.0 Å². The van der Waals surface area contributed by atoms with Crippen LogP contribution in [0.5, 0.6) is 0 Å². The van der Waals surface area contributed by atoms with Crippen molar-refractivity contribution in [3.8, 4) is 22.5 Å². The van der Waals surface area contributed by atoms with E-state index in [1.807, 2.05) is 26.5 Å². The number of benzene rings is 1. The van der Waals surface area contributed by atoms with Crippen molar-refractivity contribution in [3.63, 3.8) is 0 Å². The molecule has 1 atom stereocenters. The Kier molecular flexibility index (Phi) is 3.79. The summed E-state index contributed by atoms with van der Waals surface area (Å²) in [5, 5.41) is 8.73. The van der Waals surface area contributed by atoms with Gasteiger partial charge in [0.1, 0.15) is 12.0 Å². The Morgan fingerprint density at radius 2 is 2.11 bits per heavy atom. The number of rotatable bonds is 3. The predicted molar refractivity (Wildman–Crippen MR) is 106 cm³/mol. The molecule has 3 heterocycles. The molecule has 6 nitrogen and oxygen atoms in total. The summed E-state index contributed by atoms with van der Waals surface area (Å²) in [6.07, 6.45) is 9.03. The average molecular weight is 358 g/mol. The molecule has 1 aliphatic rings. The summed E-state index contributed by atoms with van der Waals surface area (Å²) >= 11 is 0. The Balaban J connectivity index is 1.62. The number of aromatic amines is 1. The van der Waals surface area contributed by atoms with E-state index in [4.69, 9.17) is 0 Å². The number of aryl methyl sites for hydroxylation is 2. The van der Waals surface area contributed by atoms with Crippen molar-refractivity contribution in [1.82, 2.24) is 30.0 Å². The van der Waals surface area contributed by atoms with Crippen molar-refractivity contribution in [2.75, 3.05) is 7.05 Å². The van der Waals surface area contributed by atoms with Crippen LogP contribution < -0.4 is 5.32 Å². The van der Waals surface area contributed by atoms with Gasteiger partial charge >= 0.3 is 0 Å². The Bertz CT molecular complexity index is 1120. The molecule has 4 aromatic rings. The second-order valence-corrected chi connectivity index (χ2v) is 7.22. The lowest BCUT2D eigenvalue weighted by molar-refractivity contribution is 0.497. The molecule has 2 N–H and O–H groups in total. The fraction of sp³-hybridized carbons (Fsp3) is 0.286. The third kappa shape index (κ3) is 2.73. The third-order valence-electron chi connectivity index (χ3n) is 5.52. The molecule has 1 aliphatic carbocycles. The maximum atomic E-state index is 4.61. The van der Waals surface area contributed by atoms with Crippen LogP contribution in [0, 0.1) is 0 Å². The molecular formula is C21H22N6. The second kappa shape index (κ2) is 6.32. The van der Waals surface area contributed by atoms with E-state index in [2.05, 4.69) is 49.6 Å². The van der Waals surface area contributed by atoms with Gasteiger partial charge in [0.2, 0.25) is 0 Å². The van der Waals surface area contributed by atoms with E-state index < -0.39 is 0 Å². The molecule has 1 unspecified atom stereocenters. The molecule has 3 aromatic heterocycles. The largest absolute Gasteiger partial charge is 0.339 e. The number of nitrogens with one attached hydrogen (secondary N) is 2. The lowest BCUT2D eigenvalue weighted by Gasteiger charge is -2.25. The monoisotopic (exact) mass is 358 g/mol. The van der Waals surface area contributed by atoms with E-state index in [1.165, 1.54) is 24.0 Å². The first-order valence-corrected chi connectivity index (χ1v) is 9.36. The van der Waals surface area contributed by atoms with Crippen molar-refractivity contribution in [2.45, 2.75) is 25.3 Å². The maximum absolute atomic E-state index is 4.61. The van der Waals surface area contributed by atoms with Crippen LogP contribution in [0.2, 0.25) is 0 Å². The molecule has 0 fully saturated rings. The zero-order valence-electron chi connectivity index (χ0n) is 15.5. The summed E-state index contributed by atoms with van der Waals surface area (Å²) < 4.78 is 1.80. The van der Waals surface area contributed by atoms with Gasteiger partial charge < -0.3 is 10.3 Å². The summed E-state index contributed by atoms with van der Waals surface area (Å²) in [5.74, 6) is 0. The molecule has 5 rings (SSSR count). The Morgan fingerprint density at radius 1 is 1.19 bits per heavy atom. The van der Waals surface area contributed by atoms with Gasteiger partial charge in [0, 0.05) is 35.8 Å². The highest BCUT2D eigenvalue weighted by Gasteiger charge is 2.20. The first-order chi connectivity index (χ1) is 13.2. The van der Waals surface area contributed by atoms with Crippen molar-refractivity contribution in [2.24, 2.45) is 7.05 Å². The highest BCUT2D eigenvalue weighted by molar-refractivity contribution is 5.94. The van der Waals surface area contributed by atoms with Crippen LogP contribution in [0.3, 0.4) is 0 Å². The minimum absolute atomic E-state index is 0.456. The molecule has 0 aliphatic heterocycles. The van der Waals surface area contributed by atoms with Crippen LogP contribution >= 0.6 is 0 Å². The van der Waals surface area contributed by atoms with E-state index in [-0.39, 0.29) is 0 Å². The minimum atomic E-state index is 0.456. The predicted octanol–water partition coefficient (Wildman–Crippen LogP) is 3.62. The number of hydrogen-bond acceptors (Lipinski definition) is 4. The van der Waals surface area contributed by atoms with E-state index in [0.717, 1.165) is 40.0 Å². The van der Waals surface area contributed by atoms with Gasteiger partial charge in [-0.3, -0.25) is 4.68 Å². The molecule has 136 valence electrons. The first kappa shape index (κ1) is 16.2. The van der Waals surface area contributed by atoms with Crippen molar-refractivity contribution in [1.29, 1.82) is 0 Å². The van der Waals surface area contributed by atoms with Gasteiger partial charge in [-0.2, -0.15) is 5.10 Å². The Hall–Kier alpha value is -2.99. The van der Waals surface area contributed by atoms with E-state index in [9.17, 15) is 0 Å². The fourth-order valence-electron chi connectivity index (χ4n) is 4.15. The number of hydrogen-bond donors (Lipinski definition) is 2. The molecular weight excluding hydrogens is 336 g/mol. The standard InChI is InChI=1S/C21H22N6/c1-22-18-5-3-4-13-8-14(6-7-16(13)18)20-17-9-19(15-10-25-27(2)11-15)26-21(17)24-12-23-20/h6-12,18,22H,3-5H2,1-2H3,(H,23,24,26). The Labute approximate surface area is 157 Å². The van der Waals surface area contributed by atoms with Crippen LogP contribution in [-0.4, -0.2) is 31.8 Å². The van der Waals surface area contributed by atoms with Gasteiger partial charge in [-0.15, -0.1) is 0 Å². The zero-order chi connectivity index (χ0) is 18.4. The SMILES string of the molecule is CNC1CCCc2cc(-c3ncnc4[nH]c(-c5cnn(C)c5)cc34)ccc21. The summed E-state index contributed by atoms with van der Waals surface area (Å²) in [6.45, 7) is 0. The van der Waals surface area contributed by atoms with Crippen molar-refractivity contribution in [3.05, 3.63) is 54.1 Å². The molecule has 0 amide bonds. The minimum Gasteiger partial charge on any atom is -0.339 e. The zero-order valence-corrected chi connectivity index (χ0v) is 15.5. The van der Waals surface area contributed by atoms with Gasteiger partial charge in [-0.25, -0.2) is 9.97 Å². The van der Waals surface area contributed by atoms with Crippen LogP contribution in [0.1, 0.15) is 30.0 Å².